The van der Waals surface area contributed by atoms with Crippen LogP contribution in [0.3, 0.4) is 0 Å². The molecule has 0 aliphatic heterocycles. The Kier molecular flexibility index (Phi) is 7.44. The van der Waals surface area contributed by atoms with Gasteiger partial charge in [0.2, 0.25) is 5.91 Å². The van der Waals surface area contributed by atoms with Gasteiger partial charge in [-0.15, -0.1) is 0 Å². The van der Waals surface area contributed by atoms with E-state index in [0.29, 0.717) is 29.4 Å². The summed E-state index contributed by atoms with van der Waals surface area (Å²) in [6.07, 6.45) is 0. The molecule has 0 aliphatic carbocycles. The molecule has 8 heteroatoms. The van der Waals surface area contributed by atoms with E-state index in [2.05, 4.69) is 15.7 Å². The standard InChI is InChI=1S/C28H28FN5O2/c1-4-33(28(36)30-24-12-8-9-19(2)20(24)3)18-27(35)31-26-17-25(21-10-6-5-7-11-21)32-34(26)23-15-13-22(29)14-16-23/h5-17H,4,18H2,1-3H3,(H,30,36)(H,31,35). The van der Waals surface area contributed by atoms with E-state index in [0.717, 1.165) is 16.7 Å². The number of hydrogen-bond acceptors (Lipinski definition) is 3. The van der Waals surface area contributed by atoms with Crippen LogP contribution in [0.15, 0.2) is 78.9 Å². The molecule has 1 aromatic heterocycles. The number of anilines is 2. The third-order valence-electron chi connectivity index (χ3n) is 5.97. The summed E-state index contributed by atoms with van der Waals surface area (Å²) in [5.41, 5.74) is 4.86. The highest BCUT2D eigenvalue weighted by Crippen LogP contribution is 2.25. The summed E-state index contributed by atoms with van der Waals surface area (Å²) in [6.45, 7) is 5.92. The van der Waals surface area contributed by atoms with Crippen molar-refractivity contribution in [2.24, 2.45) is 0 Å². The molecule has 4 aromatic rings. The zero-order valence-corrected chi connectivity index (χ0v) is 20.5. The topological polar surface area (TPSA) is 79.3 Å². The molecule has 0 saturated heterocycles. The summed E-state index contributed by atoms with van der Waals surface area (Å²) < 4.78 is 15.0. The second-order valence-corrected chi connectivity index (χ2v) is 8.41. The van der Waals surface area contributed by atoms with Crippen molar-refractivity contribution in [3.8, 4) is 16.9 Å². The van der Waals surface area contributed by atoms with Crippen LogP contribution in [0, 0.1) is 19.7 Å². The molecular weight excluding hydrogens is 457 g/mol. The minimum Gasteiger partial charge on any atom is -0.315 e. The normalized spacial score (nSPS) is 10.7. The molecule has 0 bridgehead atoms. The lowest BCUT2D eigenvalue weighted by atomic mass is 10.1. The summed E-state index contributed by atoms with van der Waals surface area (Å²) in [5, 5.41) is 10.4. The van der Waals surface area contributed by atoms with E-state index in [4.69, 9.17) is 0 Å². The van der Waals surface area contributed by atoms with Crippen molar-refractivity contribution < 1.29 is 14.0 Å². The van der Waals surface area contributed by atoms with Gasteiger partial charge in [0.1, 0.15) is 18.2 Å². The predicted molar refractivity (Wildman–Crippen MR) is 140 cm³/mol. The lowest BCUT2D eigenvalue weighted by Crippen LogP contribution is -2.40. The average molecular weight is 486 g/mol. The quantitative estimate of drug-likeness (QED) is 0.348. The van der Waals surface area contributed by atoms with Crippen molar-refractivity contribution in [3.05, 3.63) is 95.8 Å². The Morgan fingerprint density at radius 3 is 2.36 bits per heavy atom. The van der Waals surface area contributed by atoms with Crippen LogP contribution < -0.4 is 10.6 Å². The van der Waals surface area contributed by atoms with Crippen LogP contribution in [0.1, 0.15) is 18.1 Å². The predicted octanol–water partition coefficient (Wildman–Crippen LogP) is 5.79. The SMILES string of the molecule is CCN(CC(=O)Nc1cc(-c2ccccc2)nn1-c1ccc(F)cc1)C(=O)Nc1cccc(C)c1C. The molecule has 184 valence electrons. The summed E-state index contributed by atoms with van der Waals surface area (Å²) >= 11 is 0. The summed E-state index contributed by atoms with van der Waals surface area (Å²) in [4.78, 5) is 27.3. The highest BCUT2D eigenvalue weighted by atomic mass is 19.1. The third kappa shape index (κ3) is 5.60. The number of aromatic nitrogens is 2. The average Bonchev–Trinajstić information content (AvgIpc) is 3.29. The summed E-state index contributed by atoms with van der Waals surface area (Å²) in [5.74, 6) is -0.333. The molecule has 2 N–H and O–H groups in total. The van der Waals surface area contributed by atoms with Gasteiger partial charge in [0.05, 0.1) is 11.4 Å². The number of hydrogen-bond donors (Lipinski definition) is 2. The molecule has 3 aromatic carbocycles. The zero-order chi connectivity index (χ0) is 25.7. The molecule has 0 aliphatic rings. The molecule has 0 radical (unpaired) electrons. The number of aryl methyl sites for hydroxylation is 1. The Bertz CT molecular complexity index is 1370. The second-order valence-electron chi connectivity index (χ2n) is 8.41. The lowest BCUT2D eigenvalue weighted by molar-refractivity contribution is -0.116. The van der Waals surface area contributed by atoms with Gasteiger partial charge in [0.15, 0.2) is 0 Å². The first kappa shape index (κ1) is 24.7. The lowest BCUT2D eigenvalue weighted by Gasteiger charge is -2.22. The number of urea groups is 1. The Morgan fingerprint density at radius 2 is 1.67 bits per heavy atom. The molecule has 0 atom stereocenters. The van der Waals surface area contributed by atoms with Gasteiger partial charge < -0.3 is 15.5 Å². The molecule has 1 heterocycles. The van der Waals surface area contributed by atoms with Gasteiger partial charge in [-0.1, -0.05) is 42.5 Å². The van der Waals surface area contributed by atoms with E-state index < -0.39 is 0 Å². The van der Waals surface area contributed by atoms with Gasteiger partial charge in [-0.2, -0.15) is 5.10 Å². The summed E-state index contributed by atoms with van der Waals surface area (Å²) in [7, 11) is 0. The summed E-state index contributed by atoms with van der Waals surface area (Å²) in [6, 6.07) is 22.5. The molecule has 0 fully saturated rings. The fourth-order valence-corrected chi connectivity index (χ4v) is 3.76. The zero-order valence-electron chi connectivity index (χ0n) is 20.5. The number of carbonyl (C=O) groups excluding carboxylic acids is 2. The van der Waals surface area contributed by atoms with Crippen molar-refractivity contribution in [3.63, 3.8) is 0 Å². The third-order valence-corrected chi connectivity index (χ3v) is 5.97. The number of rotatable bonds is 7. The van der Waals surface area contributed by atoms with Crippen molar-refractivity contribution in [2.45, 2.75) is 20.8 Å². The smallest absolute Gasteiger partial charge is 0.315 e. The van der Waals surface area contributed by atoms with Gasteiger partial charge in [-0.25, -0.2) is 13.9 Å². The van der Waals surface area contributed by atoms with Crippen LogP contribution in [0.5, 0.6) is 0 Å². The number of halogens is 1. The maximum atomic E-state index is 13.5. The van der Waals surface area contributed by atoms with Crippen LogP contribution in [0.25, 0.3) is 16.9 Å². The van der Waals surface area contributed by atoms with Crippen LogP contribution >= 0.6 is 0 Å². The van der Waals surface area contributed by atoms with Gasteiger partial charge in [-0.3, -0.25) is 4.79 Å². The molecule has 0 saturated carbocycles. The Hall–Kier alpha value is -4.46. The van der Waals surface area contributed by atoms with E-state index >= 15 is 0 Å². The number of benzene rings is 3. The van der Waals surface area contributed by atoms with E-state index in [1.807, 2.05) is 69.3 Å². The van der Waals surface area contributed by atoms with Crippen molar-refractivity contribution in [1.82, 2.24) is 14.7 Å². The Morgan fingerprint density at radius 1 is 0.944 bits per heavy atom. The number of nitrogens with one attached hydrogen (secondary N) is 2. The van der Waals surface area contributed by atoms with E-state index in [1.54, 1.807) is 22.9 Å². The first-order valence-electron chi connectivity index (χ1n) is 11.7. The largest absolute Gasteiger partial charge is 0.322 e. The van der Waals surface area contributed by atoms with Crippen LogP contribution in [-0.2, 0) is 4.79 Å². The van der Waals surface area contributed by atoms with Gasteiger partial charge in [0.25, 0.3) is 0 Å². The molecule has 3 amide bonds. The molecule has 36 heavy (non-hydrogen) atoms. The van der Waals surface area contributed by atoms with Crippen molar-refractivity contribution in [2.75, 3.05) is 23.7 Å². The number of likely N-dealkylation sites (N-methyl/N-ethyl adjacent to an activating group) is 1. The van der Waals surface area contributed by atoms with E-state index in [9.17, 15) is 14.0 Å². The molecule has 4 rings (SSSR count). The van der Waals surface area contributed by atoms with Crippen molar-refractivity contribution >= 4 is 23.4 Å². The Labute approximate surface area is 209 Å². The van der Waals surface area contributed by atoms with E-state index in [1.165, 1.54) is 17.0 Å². The molecule has 7 nitrogen and oxygen atoms in total. The fraction of sp³-hybridized carbons (Fsp3) is 0.179. The first-order chi connectivity index (χ1) is 17.4. The van der Waals surface area contributed by atoms with Gasteiger partial charge in [0, 0.05) is 23.9 Å². The van der Waals surface area contributed by atoms with Crippen molar-refractivity contribution in [1.29, 1.82) is 0 Å². The first-order valence-corrected chi connectivity index (χ1v) is 11.7. The molecule has 0 spiro atoms. The molecular formula is C28H28FN5O2. The van der Waals surface area contributed by atoms with Gasteiger partial charge >= 0.3 is 6.03 Å². The number of amides is 3. The molecule has 0 unspecified atom stereocenters. The Balaban J connectivity index is 1.54. The number of nitrogens with zero attached hydrogens (tertiary/aromatic N) is 3. The van der Waals surface area contributed by atoms with Crippen LogP contribution in [-0.4, -0.2) is 39.7 Å². The maximum absolute atomic E-state index is 13.5. The van der Waals surface area contributed by atoms with Crippen LogP contribution in [0.4, 0.5) is 20.7 Å². The highest BCUT2D eigenvalue weighted by molar-refractivity contribution is 5.97. The van der Waals surface area contributed by atoms with E-state index in [-0.39, 0.29) is 24.3 Å². The fourth-order valence-electron chi connectivity index (χ4n) is 3.76. The second kappa shape index (κ2) is 10.9. The highest BCUT2D eigenvalue weighted by Gasteiger charge is 2.19. The maximum Gasteiger partial charge on any atom is 0.322 e. The monoisotopic (exact) mass is 485 g/mol. The number of carbonyl (C=O) groups is 2. The van der Waals surface area contributed by atoms with Gasteiger partial charge in [-0.05, 0) is 62.2 Å². The minimum absolute atomic E-state index is 0.150. The minimum atomic E-state index is -0.379. The van der Waals surface area contributed by atoms with Crippen LogP contribution in [0.2, 0.25) is 0 Å².